The highest BCUT2D eigenvalue weighted by atomic mass is 16.5. The molecule has 0 radical (unpaired) electrons. The summed E-state index contributed by atoms with van der Waals surface area (Å²) in [6.45, 7) is 2.08. The number of hydrogen-bond donors (Lipinski definition) is 1. The van der Waals surface area contributed by atoms with Crippen molar-refractivity contribution in [1.29, 1.82) is 0 Å². The van der Waals surface area contributed by atoms with Crippen LogP contribution < -0.4 is 9.47 Å². The summed E-state index contributed by atoms with van der Waals surface area (Å²) in [5.41, 5.74) is 1.38. The maximum atomic E-state index is 10.9. The lowest BCUT2D eigenvalue weighted by molar-refractivity contribution is 0.0689. The van der Waals surface area contributed by atoms with Crippen LogP contribution in [0.3, 0.4) is 0 Å². The molecule has 1 aromatic carbocycles. The minimum Gasteiger partial charge on any atom is -0.493 e. The SMILES string of the molecule is COc1ccc(Cn2nnc(C(=O)O)c2C)cc1OC. The zero-order chi connectivity index (χ0) is 14.7. The second-order valence-corrected chi connectivity index (χ2v) is 4.18. The Morgan fingerprint density at radius 3 is 2.55 bits per heavy atom. The Labute approximate surface area is 115 Å². The molecule has 7 heteroatoms. The van der Waals surface area contributed by atoms with Crippen LogP contribution in [0.4, 0.5) is 0 Å². The number of carboxylic acids is 1. The van der Waals surface area contributed by atoms with Gasteiger partial charge in [-0.3, -0.25) is 0 Å². The third kappa shape index (κ3) is 2.56. The van der Waals surface area contributed by atoms with Crippen molar-refractivity contribution in [2.75, 3.05) is 14.2 Å². The van der Waals surface area contributed by atoms with Crippen LogP contribution in [0.2, 0.25) is 0 Å². The van der Waals surface area contributed by atoms with E-state index in [-0.39, 0.29) is 5.69 Å². The van der Waals surface area contributed by atoms with Gasteiger partial charge in [0.05, 0.1) is 26.5 Å². The number of benzene rings is 1. The molecule has 0 saturated heterocycles. The molecule has 2 aromatic rings. The van der Waals surface area contributed by atoms with Gasteiger partial charge in [0.2, 0.25) is 0 Å². The third-order valence-corrected chi connectivity index (χ3v) is 2.97. The van der Waals surface area contributed by atoms with Crippen LogP contribution in [0, 0.1) is 6.92 Å². The molecule has 0 spiro atoms. The molecule has 0 saturated carbocycles. The summed E-state index contributed by atoms with van der Waals surface area (Å²) >= 11 is 0. The first-order valence-corrected chi connectivity index (χ1v) is 5.91. The van der Waals surface area contributed by atoms with Gasteiger partial charge in [0, 0.05) is 0 Å². The van der Waals surface area contributed by atoms with Gasteiger partial charge in [0.25, 0.3) is 0 Å². The summed E-state index contributed by atoms with van der Waals surface area (Å²) in [6, 6.07) is 5.47. The number of aromatic nitrogens is 3. The van der Waals surface area contributed by atoms with E-state index >= 15 is 0 Å². The van der Waals surface area contributed by atoms with E-state index < -0.39 is 5.97 Å². The largest absolute Gasteiger partial charge is 0.493 e. The van der Waals surface area contributed by atoms with E-state index in [4.69, 9.17) is 14.6 Å². The summed E-state index contributed by atoms with van der Waals surface area (Å²) in [7, 11) is 3.13. The van der Waals surface area contributed by atoms with Gasteiger partial charge in [-0.1, -0.05) is 11.3 Å². The van der Waals surface area contributed by atoms with Crippen molar-refractivity contribution in [3.05, 3.63) is 35.2 Å². The molecule has 1 N–H and O–H groups in total. The van der Waals surface area contributed by atoms with E-state index in [2.05, 4.69) is 10.3 Å². The molecule has 0 atom stereocenters. The van der Waals surface area contributed by atoms with Gasteiger partial charge < -0.3 is 14.6 Å². The monoisotopic (exact) mass is 277 g/mol. The minimum absolute atomic E-state index is 0.0366. The van der Waals surface area contributed by atoms with Gasteiger partial charge >= 0.3 is 5.97 Å². The number of ether oxygens (including phenoxy) is 2. The topological polar surface area (TPSA) is 86.5 Å². The summed E-state index contributed by atoms with van der Waals surface area (Å²) in [5.74, 6) is 0.167. The van der Waals surface area contributed by atoms with E-state index in [9.17, 15) is 4.79 Å². The average molecular weight is 277 g/mol. The number of hydrogen-bond acceptors (Lipinski definition) is 5. The number of methoxy groups -OCH3 is 2. The van der Waals surface area contributed by atoms with Crippen molar-refractivity contribution in [3.8, 4) is 11.5 Å². The van der Waals surface area contributed by atoms with E-state index in [1.807, 2.05) is 12.1 Å². The Kier molecular flexibility index (Phi) is 3.88. The van der Waals surface area contributed by atoms with Crippen molar-refractivity contribution in [3.63, 3.8) is 0 Å². The van der Waals surface area contributed by atoms with Gasteiger partial charge in [0.1, 0.15) is 0 Å². The van der Waals surface area contributed by atoms with Gasteiger partial charge in [0.15, 0.2) is 17.2 Å². The van der Waals surface area contributed by atoms with E-state index in [0.717, 1.165) is 5.56 Å². The Balaban J connectivity index is 2.28. The molecule has 1 aromatic heterocycles. The predicted octanol–water partition coefficient (Wildman–Crippen LogP) is 1.35. The average Bonchev–Trinajstić information content (AvgIpc) is 2.80. The lowest BCUT2D eigenvalue weighted by atomic mass is 10.2. The van der Waals surface area contributed by atoms with Crippen molar-refractivity contribution >= 4 is 5.97 Å². The van der Waals surface area contributed by atoms with Crippen LogP contribution in [0.15, 0.2) is 18.2 Å². The maximum Gasteiger partial charge on any atom is 0.358 e. The standard InChI is InChI=1S/C13H15N3O4/c1-8-12(13(17)18)14-15-16(8)7-9-4-5-10(19-2)11(6-9)20-3/h4-6H,7H2,1-3H3,(H,17,18). The molecule has 106 valence electrons. The first-order valence-electron chi connectivity index (χ1n) is 5.91. The minimum atomic E-state index is -1.08. The smallest absolute Gasteiger partial charge is 0.358 e. The van der Waals surface area contributed by atoms with Crippen molar-refractivity contribution in [2.24, 2.45) is 0 Å². The van der Waals surface area contributed by atoms with Crippen molar-refractivity contribution < 1.29 is 19.4 Å². The lowest BCUT2D eigenvalue weighted by Crippen LogP contribution is -2.06. The fourth-order valence-corrected chi connectivity index (χ4v) is 1.86. The molecule has 0 fully saturated rings. The summed E-state index contributed by atoms with van der Waals surface area (Å²) in [5, 5.41) is 16.4. The fraction of sp³-hybridized carbons (Fsp3) is 0.308. The molecule has 1 heterocycles. The molecule has 0 aliphatic heterocycles. The highest BCUT2D eigenvalue weighted by Crippen LogP contribution is 2.27. The second-order valence-electron chi connectivity index (χ2n) is 4.18. The molecule has 0 unspecified atom stereocenters. The van der Waals surface area contributed by atoms with E-state index in [1.54, 1.807) is 27.2 Å². The molecule has 0 aliphatic rings. The maximum absolute atomic E-state index is 10.9. The zero-order valence-electron chi connectivity index (χ0n) is 11.5. The second kappa shape index (κ2) is 5.60. The molecule has 0 amide bonds. The van der Waals surface area contributed by atoms with Gasteiger partial charge in [-0.25, -0.2) is 9.48 Å². The Morgan fingerprint density at radius 2 is 2.00 bits per heavy atom. The fourth-order valence-electron chi connectivity index (χ4n) is 1.86. The van der Waals surface area contributed by atoms with Crippen LogP contribution in [-0.2, 0) is 6.54 Å². The van der Waals surface area contributed by atoms with Crippen molar-refractivity contribution in [1.82, 2.24) is 15.0 Å². The Morgan fingerprint density at radius 1 is 1.30 bits per heavy atom. The summed E-state index contributed by atoms with van der Waals surface area (Å²) < 4.78 is 11.9. The lowest BCUT2D eigenvalue weighted by Gasteiger charge is -2.10. The third-order valence-electron chi connectivity index (χ3n) is 2.97. The van der Waals surface area contributed by atoms with Gasteiger partial charge in [-0.05, 0) is 24.6 Å². The zero-order valence-corrected chi connectivity index (χ0v) is 11.5. The van der Waals surface area contributed by atoms with Crippen LogP contribution in [0.25, 0.3) is 0 Å². The highest BCUT2D eigenvalue weighted by Gasteiger charge is 2.15. The molecule has 20 heavy (non-hydrogen) atoms. The first kappa shape index (κ1) is 13.9. The van der Waals surface area contributed by atoms with Crippen LogP contribution in [0.1, 0.15) is 21.7 Å². The molecule has 7 nitrogen and oxygen atoms in total. The molecule has 2 rings (SSSR count). The van der Waals surface area contributed by atoms with E-state index in [0.29, 0.717) is 23.7 Å². The quantitative estimate of drug-likeness (QED) is 0.887. The number of rotatable bonds is 5. The summed E-state index contributed by atoms with van der Waals surface area (Å²) in [4.78, 5) is 10.9. The molecular weight excluding hydrogens is 262 g/mol. The Hall–Kier alpha value is -2.57. The normalized spacial score (nSPS) is 10.3. The van der Waals surface area contributed by atoms with Gasteiger partial charge in [-0.2, -0.15) is 0 Å². The predicted molar refractivity (Wildman–Crippen MR) is 70.4 cm³/mol. The van der Waals surface area contributed by atoms with Gasteiger partial charge in [-0.15, -0.1) is 5.10 Å². The number of nitrogens with zero attached hydrogens (tertiary/aromatic N) is 3. The number of carboxylic acid groups (broad SMARTS) is 1. The Bertz CT molecular complexity index is 637. The summed E-state index contributed by atoms with van der Waals surface area (Å²) in [6.07, 6.45) is 0. The molecule has 0 aliphatic carbocycles. The number of aromatic carboxylic acids is 1. The number of carbonyl (C=O) groups is 1. The van der Waals surface area contributed by atoms with Crippen LogP contribution in [-0.4, -0.2) is 40.3 Å². The molecular formula is C13H15N3O4. The first-order chi connectivity index (χ1) is 9.56. The van der Waals surface area contributed by atoms with Crippen LogP contribution >= 0.6 is 0 Å². The highest BCUT2D eigenvalue weighted by molar-refractivity contribution is 5.86. The molecule has 0 bridgehead atoms. The van der Waals surface area contributed by atoms with E-state index in [1.165, 1.54) is 4.68 Å². The van der Waals surface area contributed by atoms with Crippen molar-refractivity contribution in [2.45, 2.75) is 13.5 Å². The van der Waals surface area contributed by atoms with Crippen LogP contribution in [0.5, 0.6) is 11.5 Å².